The van der Waals surface area contributed by atoms with Crippen molar-refractivity contribution in [3.8, 4) is 0 Å². The van der Waals surface area contributed by atoms with E-state index in [1.807, 2.05) is 0 Å². The van der Waals surface area contributed by atoms with Crippen molar-refractivity contribution in [2.75, 3.05) is 6.61 Å². The number of fused-ring (bicyclic) bond motifs is 1. The first-order valence-electron chi connectivity index (χ1n) is 4.34. The third kappa shape index (κ3) is 1.08. The summed E-state index contributed by atoms with van der Waals surface area (Å²) < 4.78 is 5.42. The van der Waals surface area contributed by atoms with Crippen LogP contribution in [0, 0.1) is 5.92 Å². The topological polar surface area (TPSA) is 38.7 Å². The van der Waals surface area contributed by atoms with Crippen molar-refractivity contribution in [2.24, 2.45) is 5.92 Å². The van der Waals surface area contributed by atoms with Crippen LogP contribution in [0.5, 0.6) is 0 Å². The lowest BCUT2D eigenvalue weighted by atomic mass is 9.83. The van der Waals surface area contributed by atoms with Crippen LogP contribution in [-0.4, -0.2) is 17.7 Å². The summed E-state index contributed by atoms with van der Waals surface area (Å²) in [7, 11) is 0. The van der Waals surface area contributed by atoms with Crippen LogP contribution in [0.1, 0.15) is 32.1 Å². The average Bonchev–Trinajstić information content (AvgIpc) is 2.48. The van der Waals surface area contributed by atoms with Gasteiger partial charge in [-0.3, -0.25) is 0 Å². The summed E-state index contributed by atoms with van der Waals surface area (Å²) in [5, 5.41) is 8.73. The van der Waals surface area contributed by atoms with Gasteiger partial charge in [0, 0.05) is 12.3 Å². The minimum Gasteiger partial charge on any atom is -0.347 e. The molecule has 0 aromatic heterocycles. The van der Waals surface area contributed by atoms with Gasteiger partial charge in [0.25, 0.3) is 0 Å². The molecule has 3 heteroatoms. The van der Waals surface area contributed by atoms with Crippen LogP contribution in [0.15, 0.2) is 0 Å². The van der Waals surface area contributed by atoms with Crippen molar-refractivity contribution in [2.45, 2.75) is 37.9 Å². The van der Waals surface area contributed by atoms with Crippen LogP contribution >= 0.6 is 0 Å². The first-order chi connectivity index (χ1) is 5.37. The fourth-order valence-corrected chi connectivity index (χ4v) is 2.26. The molecule has 1 aliphatic carbocycles. The van der Waals surface area contributed by atoms with E-state index in [1.165, 1.54) is 6.42 Å². The maximum Gasteiger partial charge on any atom is 0.204 e. The Morgan fingerprint density at radius 2 is 2.27 bits per heavy atom. The lowest BCUT2D eigenvalue weighted by Crippen LogP contribution is -2.40. The standard InChI is InChI=1S/C8H14O3/c9-11-8-5-2-1-3-7(8)4-6-10-8/h7,9H,1-6H2. The van der Waals surface area contributed by atoms with Gasteiger partial charge in [0.15, 0.2) is 0 Å². The molecular weight excluding hydrogens is 144 g/mol. The Morgan fingerprint density at radius 1 is 1.36 bits per heavy atom. The maximum absolute atomic E-state index is 8.73. The van der Waals surface area contributed by atoms with Gasteiger partial charge in [-0.25, -0.2) is 10.1 Å². The maximum atomic E-state index is 8.73. The minimum absolute atomic E-state index is 0.432. The van der Waals surface area contributed by atoms with E-state index in [0.717, 1.165) is 32.3 Å². The van der Waals surface area contributed by atoms with Gasteiger partial charge in [-0.2, -0.15) is 0 Å². The van der Waals surface area contributed by atoms with Crippen LogP contribution in [0.3, 0.4) is 0 Å². The van der Waals surface area contributed by atoms with E-state index in [2.05, 4.69) is 4.89 Å². The van der Waals surface area contributed by atoms with Crippen molar-refractivity contribution < 1.29 is 14.9 Å². The smallest absolute Gasteiger partial charge is 0.204 e. The molecule has 0 spiro atoms. The molecule has 0 aromatic rings. The summed E-state index contributed by atoms with van der Waals surface area (Å²) in [5.41, 5.74) is 0. The molecule has 2 fully saturated rings. The Morgan fingerprint density at radius 3 is 3.00 bits per heavy atom. The SMILES string of the molecule is OOC12CCCCC1CCO2. The molecule has 2 rings (SSSR count). The molecule has 64 valence electrons. The highest BCUT2D eigenvalue weighted by molar-refractivity contribution is 4.87. The minimum atomic E-state index is -0.613. The van der Waals surface area contributed by atoms with Crippen molar-refractivity contribution in [3.63, 3.8) is 0 Å². The Bertz CT molecular complexity index is 148. The van der Waals surface area contributed by atoms with E-state index >= 15 is 0 Å². The molecule has 1 N–H and O–H groups in total. The lowest BCUT2D eigenvalue weighted by Gasteiger charge is -2.34. The fourth-order valence-electron chi connectivity index (χ4n) is 2.26. The monoisotopic (exact) mass is 158 g/mol. The molecule has 1 heterocycles. The summed E-state index contributed by atoms with van der Waals surface area (Å²) in [6.45, 7) is 0.741. The Labute approximate surface area is 66.2 Å². The molecule has 0 aromatic carbocycles. The second-order valence-corrected chi connectivity index (χ2v) is 3.48. The summed E-state index contributed by atoms with van der Waals surface area (Å²) >= 11 is 0. The Hall–Kier alpha value is -0.120. The molecule has 11 heavy (non-hydrogen) atoms. The third-order valence-corrected chi connectivity index (χ3v) is 2.92. The van der Waals surface area contributed by atoms with Gasteiger partial charge in [-0.1, -0.05) is 6.42 Å². The molecule has 1 saturated carbocycles. The predicted molar refractivity (Wildman–Crippen MR) is 39.0 cm³/mol. The van der Waals surface area contributed by atoms with Crippen molar-refractivity contribution in [1.82, 2.24) is 0 Å². The summed E-state index contributed by atoms with van der Waals surface area (Å²) in [6, 6.07) is 0. The second-order valence-electron chi connectivity index (χ2n) is 3.48. The number of hydrogen-bond donors (Lipinski definition) is 1. The predicted octanol–water partition coefficient (Wildman–Crippen LogP) is 1.78. The molecular formula is C8H14O3. The number of hydrogen-bond acceptors (Lipinski definition) is 3. The van der Waals surface area contributed by atoms with E-state index in [0.29, 0.717) is 5.92 Å². The summed E-state index contributed by atoms with van der Waals surface area (Å²) in [6.07, 6.45) is 5.39. The Kier molecular flexibility index (Phi) is 1.87. The van der Waals surface area contributed by atoms with Crippen molar-refractivity contribution >= 4 is 0 Å². The zero-order chi connectivity index (χ0) is 7.73. The highest BCUT2D eigenvalue weighted by Crippen LogP contribution is 2.43. The van der Waals surface area contributed by atoms with Gasteiger partial charge < -0.3 is 4.74 Å². The average molecular weight is 158 g/mol. The van der Waals surface area contributed by atoms with Crippen LogP contribution in [0.25, 0.3) is 0 Å². The normalized spacial score (nSPS) is 43.9. The molecule has 1 saturated heterocycles. The summed E-state index contributed by atoms with van der Waals surface area (Å²) in [5.74, 6) is -0.181. The number of rotatable bonds is 1. The van der Waals surface area contributed by atoms with E-state index in [4.69, 9.17) is 9.99 Å². The lowest BCUT2D eigenvalue weighted by molar-refractivity contribution is -0.410. The Balaban J connectivity index is 2.12. The first-order valence-corrected chi connectivity index (χ1v) is 4.34. The van der Waals surface area contributed by atoms with Crippen LogP contribution < -0.4 is 0 Å². The molecule has 2 aliphatic rings. The van der Waals surface area contributed by atoms with Gasteiger partial charge in [-0.15, -0.1) is 0 Å². The van der Waals surface area contributed by atoms with Crippen LogP contribution in [0.4, 0.5) is 0 Å². The third-order valence-electron chi connectivity index (χ3n) is 2.92. The highest BCUT2D eigenvalue weighted by Gasteiger charge is 2.47. The fraction of sp³-hybridized carbons (Fsp3) is 1.00. The van der Waals surface area contributed by atoms with E-state index in [1.54, 1.807) is 0 Å². The van der Waals surface area contributed by atoms with Crippen molar-refractivity contribution in [1.29, 1.82) is 0 Å². The van der Waals surface area contributed by atoms with Gasteiger partial charge in [0.2, 0.25) is 5.79 Å². The van der Waals surface area contributed by atoms with E-state index < -0.39 is 5.79 Å². The largest absolute Gasteiger partial charge is 0.347 e. The van der Waals surface area contributed by atoms with Crippen molar-refractivity contribution in [3.05, 3.63) is 0 Å². The number of ether oxygens (including phenoxy) is 1. The zero-order valence-corrected chi connectivity index (χ0v) is 6.58. The van der Waals surface area contributed by atoms with Gasteiger partial charge in [0.05, 0.1) is 6.61 Å². The molecule has 1 aliphatic heterocycles. The molecule has 2 unspecified atom stereocenters. The van der Waals surface area contributed by atoms with Crippen LogP contribution in [0.2, 0.25) is 0 Å². The van der Waals surface area contributed by atoms with Crippen LogP contribution in [-0.2, 0) is 9.62 Å². The molecule has 2 atom stereocenters. The highest BCUT2D eigenvalue weighted by atomic mass is 17.1. The van der Waals surface area contributed by atoms with Gasteiger partial charge >= 0.3 is 0 Å². The second kappa shape index (κ2) is 2.73. The zero-order valence-electron chi connectivity index (χ0n) is 6.58. The van der Waals surface area contributed by atoms with Gasteiger partial charge in [0.1, 0.15) is 0 Å². The van der Waals surface area contributed by atoms with E-state index in [9.17, 15) is 0 Å². The first kappa shape index (κ1) is 7.53. The molecule has 3 nitrogen and oxygen atoms in total. The van der Waals surface area contributed by atoms with E-state index in [-0.39, 0.29) is 0 Å². The molecule has 0 bridgehead atoms. The molecule has 0 amide bonds. The van der Waals surface area contributed by atoms with Gasteiger partial charge in [-0.05, 0) is 19.3 Å². The summed E-state index contributed by atoms with van der Waals surface area (Å²) in [4.78, 5) is 4.48. The molecule has 0 radical (unpaired) electrons. The quantitative estimate of drug-likeness (QED) is 0.467.